The molecule has 0 radical (unpaired) electrons. The first kappa shape index (κ1) is 78.6. The molecule has 0 spiro atoms. The highest BCUT2D eigenvalue weighted by atomic mass is 16.6. The summed E-state index contributed by atoms with van der Waals surface area (Å²) in [5, 5.41) is 0. The van der Waals surface area contributed by atoms with Gasteiger partial charge in [0.25, 0.3) is 0 Å². The first-order chi connectivity index (χ1) is 40.0. The molecular formula is C75H140O6. The lowest BCUT2D eigenvalue weighted by molar-refractivity contribution is -0.167. The number of hydrogen-bond donors (Lipinski definition) is 0. The van der Waals surface area contributed by atoms with E-state index in [0.717, 1.165) is 77.0 Å². The van der Waals surface area contributed by atoms with Crippen LogP contribution in [0.3, 0.4) is 0 Å². The summed E-state index contributed by atoms with van der Waals surface area (Å²) < 4.78 is 16.9. The minimum Gasteiger partial charge on any atom is -0.462 e. The van der Waals surface area contributed by atoms with Gasteiger partial charge in [-0.2, -0.15) is 0 Å². The van der Waals surface area contributed by atoms with Crippen LogP contribution in [-0.2, 0) is 28.6 Å². The molecule has 0 bridgehead atoms. The lowest BCUT2D eigenvalue weighted by atomic mass is 10.0. The fourth-order valence-electron chi connectivity index (χ4n) is 11.2. The molecule has 0 rings (SSSR count). The molecule has 0 heterocycles. The van der Waals surface area contributed by atoms with Crippen molar-refractivity contribution in [1.82, 2.24) is 0 Å². The molecule has 6 heteroatoms. The Bertz CT molecular complexity index is 1350. The molecule has 0 saturated carbocycles. The van der Waals surface area contributed by atoms with Gasteiger partial charge in [0.2, 0.25) is 0 Å². The summed E-state index contributed by atoms with van der Waals surface area (Å²) in [6.45, 7) is 6.67. The Morgan fingerprint density at radius 1 is 0.247 bits per heavy atom. The number of carbonyl (C=O) groups excluding carboxylic acids is 3. The highest BCUT2D eigenvalue weighted by molar-refractivity contribution is 5.71. The van der Waals surface area contributed by atoms with E-state index < -0.39 is 6.10 Å². The topological polar surface area (TPSA) is 78.9 Å². The van der Waals surface area contributed by atoms with Gasteiger partial charge < -0.3 is 14.2 Å². The van der Waals surface area contributed by atoms with Crippen molar-refractivity contribution in [2.45, 2.75) is 412 Å². The smallest absolute Gasteiger partial charge is 0.306 e. The van der Waals surface area contributed by atoms with Crippen molar-refractivity contribution in [2.75, 3.05) is 13.2 Å². The van der Waals surface area contributed by atoms with Crippen molar-refractivity contribution in [3.05, 3.63) is 36.5 Å². The fourth-order valence-corrected chi connectivity index (χ4v) is 11.2. The predicted molar refractivity (Wildman–Crippen MR) is 353 cm³/mol. The number of allylic oxidation sites excluding steroid dienone is 6. The maximum Gasteiger partial charge on any atom is 0.306 e. The monoisotopic (exact) mass is 1140 g/mol. The van der Waals surface area contributed by atoms with Crippen LogP contribution in [0.15, 0.2) is 36.5 Å². The maximum atomic E-state index is 12.9. The lowest BCUT2D eigenvalue weighted by Crippen LogP contribution is -2.30. The van der Waals surface area contributed by atoms with E-state index in [1.165, 1.54) is 289 Å². The van der Waals surface area contributed by atoms with Crippen LogP contribution in [0, 0.1) is 0 Å². The molecule has 0 aliphatic rings. The minimum atomic E-state index is -0.776. The first-order valence-corrected chi connectivity index (χ1v) is 36.5. The Morgan fingerprint density at radius 2 is 0.444 bits per heavy atom. The lowest BCUT2D eigenvalue weighted by Gasteiger charge is -2.18. The van der Waals surface area contributed by atoms with Crippen LogP contribution in [0.5, 0.6) is 0 Å². The number of hydrogen-bond acceptors (Lipinski definition) is 6. The second kappa shape index (κ2) is 70.1. The van der Waals surface area contributed by atoms with Gasteiger partial charge in [0.15, 0.2) is 6.10 Å². The molecule has 1 atom stereocenters. The van der Waals surface area contributed by atoms with Gasteiger partial charge in [-0.25, -0.2) is 0 Å². The maximum absolute atomic E-state index is 12.9. The zero-order valence-corrected chi connectivity index (χ0v) is 54.8. The number of unbranched alkanes of at least 4 members (excludes halogenated alkanes) is 51. The zero-order valence-electron chi connectivity index (χ0n) is 54.8. The average molecular weight is 1140 g/mol. The third-order valence-corrected chi connectivity index (χ3v) is 16.6. The van der Waals surface area contributed by atoms with Gasteiger partial charge in [0, 0.05) is 19.3 Å². The molecule has 476 valence electrons. The van der Waals surface area contributed by atoms with E-state index in [1.54, 1.807) is 0 Å². The van der Waals surface area contributed by atoms with Crippen molar-refractivity contribution < 1.29 is 28.6 Å². The van der Waals surface area contributed by atoms with Crippen LogP contribution in [0.4, 0.5) is 0 Å². The Kier molecular flexibility index (Phi) is 68.1. The zero-order chi connectivity index (χ0) is 58.5. The SMILES string of the molecule is CCCCCCC/C=C\C/C=C\C/C=C\CCCCCCCCC(=O)OC(COC(=O)CCCCCCCCCCC)COC(=O)CCCCCCCCCCCCCCCCCCCCCCCCCCCCCCCCCCC. The van der Waals surface area contributed by atoms with E-state index in [0.29, 0.717) is 19.3 Å². The Hall–Kier alpha value is -2.37. The van der Waals surface area contributed by atoms with Crippen molar-refractivity contribution >= 4 is 17.9 Å². The molecule has 1 unspecified atom stereocenters. The van der Waals surface area contributed by atoms with E-state index >= 15 is 0 Å². The summed E-state index contributed by atoms with van der Waals surface area (Å²) in [6.07, 6.45) is 87.8. The summed E-state index contributed by atoms with van der Waals surface area (Å²) in [4.78, 5) is 38.3. The van der Waals surface area contributed by atoms with Gasteiger partial charge in [-0.05, 0) is 57.8 Å². The van der Waals surface area contributed by atoms with Gasteiger partial charge in [-0.1, -0.05) is 365 Å². The van der Waals surface area contributed by atoms with Gasteiger partial charge in [0.1, 0.15) is 13.2 Å². The molecular weight excluding hydrogens is 997 g/mol. The van der Waals surface area contributed by atoms with Crippen LogP contribution >= 0.6 is 0 Å². The Labute approximate surface area is 506 Å². The highest BCUT2D eigenvalue weighted by Crippen LogP contribution is 2.19. The van der Waals surface area contributed by atoms with Gasteiger partial charge >= 0.3 is 17.9 Å². The van der Waals surface area contributed by atoms with Crippen molar-refractivity contribution in [1.29, 1.82) is 0 Å². The average Bonchev–Trinajstić information content (AvgIpc) is 3.47. The molecule has 0 saturated heterocycles. The summed E-state index contributed by atoms with van der Waals surface area (Å²) in [6, 6.07) is 0. The molecule has 0 amide bonds. The van der Waals surface area contributed by atoms with Gasteiger partial charge in [0.05, 0.1) is 0 Å². The van der Waals surface area contributed by atoms with Crippen molar-refractivity contribution in [3.8, 4) is 0 Å². The second-order valence-corrected chi connectivity index (χ2v) is 24.9. The summed E-state index contributed by atoms with van der Waals surface area (Å²) in [7, 11) is 0. The summed E-state index contributed by atoms with van der Waals surface area (Å²) in [5.74, 6) is -0.862. The standard InChI is InChI=1S/C75H140O6/c1-4-7-10-13-16-19-21-23-25-27-29-31-32-33-34-35-36-37-38-39-40-41-42-44-45-47-49-51-53-56-59-62-65-68-74(77)80-71-72(70-79-73(76)67-64-61-58-55-18-15-12-9-6-3)81-75(78)69-66-63-60-57-54-52-50-48-46-43-30-28-26-24-22-20-17-14-11-8-5-2/h22,24,28,30,46,48,72H,4-21,23,25-27,29,31-45,47,49-71H2,1-3H3/b24-22-,30-28-,48-46-. The molecule has 0 aliphatic carbocycles. The van der Waals surface area contributed by atoms with E-state index in [2.05, 4.69) is 57.2 Å². The predicted octanol–water partition coefficient (Wildman–Crippen LogP) is 25.1. The minimum absolute atomic E-state index is 0.0725. The highest BCUT2D eigenvalue weighted by Gasteiger charge is 2.19. The van der Waals surface area contributed by atoms with E-state index in [4.69, 9.17) is 14.2 Å². The third kappa shape index (κ3) is 68.3. The molecule has 81 heavy (non-hydrogen) atoms. The Morgan fingerprint density at radius 3 is 0.691 bits per heavy atom. The fraction of sp³-hybridized carbons (Fsp3) is 0.880. The van der Waals surface area contributed by atoms with Gasteiger partial charge in [-0.15, -0.1) is 0 Å². The quantitative estimate of drug-likeness (QED) is 0.0261. The van der Waals surface area contributed by atoms with E-state index in [9.17, 15) is 14.4 Å². The second-order valence-electron chi connectivity index (χ2n) is 24.9. The largest absolute Gasteiger partial charge is 0.462 e. The third-order valence-electron chi connectivity index (χ3n) is 16.6. The molecule has 0 N–H and O–H groups in total. The first-order valence-electron chi connectivity index (χ1n) is 36.5. The van der Waals surface area contributed by atoms with Crippen molar-refractivity contribution in [3.63, 3.8) is 0 Å². The summed E-state index contributed by atoms with van der Waals surface area (Å²) in [5.41, 5.74) is 0. The molecule has 6 nitrogen and oxygen atoms in total. The molecule has 0 aromatic heterocycles. The van der Waals surface area contributed by atoms with Crippen LogP contribution in [0.1, 0.15) is 406 Å². The molecule has 0 aromatic rings. The van der Waals surface area contributed by atoms with Crippen molar-refractivity contribution in [2.24, 2.45) is 0 Å². The Balaban J connectivity index is 4.04. The molecule has 0 fully saturated rings. The van der Waals surface area contributed by atoms with Crippen LogP contribution in [0.2, 0.25) is 0 Å². The van der Waals surface area contributed by atoms with E-state index in [1.807, 2.05) is 0 Å². The normalized spacial score (nSPS) is 12.2. The molecule has 0 aromatic carbocycles. The van der Waals surface area contributed by atoms with E-state index in [-0.39, 0.29) is 31.1 Å². The number of carbonyl (C=O) groups is 3. The van der Waals surface area contributed by atoms with Gasteiger partial charge in [-0.3, -0.25) is 14.4 Å². The van der Waals surface area contributed by atoms with Crippen LogP contribution < -0.4 is 0 Å². The molecule has 0 aliphatic heterocycles. The van der Waals surface area contributed by atoms with Crippen LogP contribution in [0.25, 0.3) is 0 Å². The number of esters is 3. The van der Waals surface area contributed by atoms with Crippen LogP contribution in [-0.4, -0.2) is 37.2 Å². The summed E-state index contributed by atoms with van der Waals surface area (Å²) >= 11 is 0. The number of ether oxygens (including phenoxy) is 3. The number of rotatable bonds is 68.